The Morgan fingerprint density at radius 3 is 2.96 bits per heavy atom. The van der Waals surface area contributed by atoms with Crippen LogP contribution in [0.15, 0.2) is 36.5 Å². The van der Waals surface area contributed by atoms with Crippen molar-refractivity contribution in [3.8, 4) is 0 Å². The third kappa shape index (κ3) is 4.32. The van der Waals surface area contributed by atoms with Crippen molar-refractivity contribution >= 4 is 21.6 Å². The van der Waals surface area contributed by atoms with E-state index in [4.69, 9.17) is 11.6 Å². The summed E-state index contributed by atoms with van der Waals surface area (Å²) in [6, 6.07) is 9.74. The molecule has 0 fully saturated rings. The van der Waals surface area contributed by atoms with Crippen molar-refractivity contribution in [1.82, 2.24) is 19.4 Å². The lowest BCUT2D eigenvalue weighted by molar-refractivity contribution is 0.168. The van der Waals surface area contributed by atoms with Gasteiger partial charge in [-0.2, -0.15) is 5.10 Å². The normalized spacial score (nSPS) is 18.8. The molecule has 6 nitrogen and oxygen atoms in total. The lowest BCUT2D eigenvalue weighted by Gasteiger charge is -2.34. The molecule has 1 aromatic carbocycles. The molecule has 0 amide bonds. The molecule has 1 aromatic heterocycles. The molecule has 124 valence electrons. The maximum Gasteiger partial charge on any atom is 0.208 e. The van der Waals surface area contributed by atoms with Crippen LogP contribution in [0.2, 0.25) is 5.02 Å². The highest BCUT2D eigenvalue weighted by Gasteiger charge is 2.26. The van der Waals surface area contributed by atoms with Gasteiger partial charge in [-0.05, 0) is 23.8 Å². The van der Waals surface area contributed by atoms with Gasteiger partial charge in [0.05, 0.1) is 18.0 Å². The predicted molar refractivity (Wildman–Crippen MR) is 89.7 cm³/mol. The van der Waals surface area contributed by atoms with Gasteiger partial charge in [0.25, 0.3) is 0 Å². The van der Waals surface area contributed by atoms with Crippen LogP contribution >= 0.6 is 11.6 Å². The number of nitrogens with one attached hydrogen (secondary N) is 1. The standard InChI is InChI=1S/C15H19ClN4O2S/c1-23(21,22)18-8-15-11-19(10-14-5-6-17-20(14)15)9-12-3-2-4-13(16)7-12/h2-7,15,18H,8-11H2,1H3/t15-/m1/s1. The van der Waals surface area contributed by atoms with Crippen LogP contribution in [-0.2, 0) is 23.1 Å². The van der Waals surface area contributed by atoms with Crippen LogP contribution in [0, 0.1) is 0 Å². The van der Waals surface area contributed by atoms with E-state index in [0.29, 0.717) is 6.54 Å². The van der Waals surface area contributed by atoms with Gasteiger partial charge >= 0.3 is 0 Å². The predicted octanol–water partition coefficient (Wildman–Crippen LogP) is 1.64. The Hall–Kier alpha value is -1.41. The maximum absolute atomic E-state index is 11.4. The van der Waals surface area contributed by atoms with Crippen molar-refractivity contribution in [3.63, 3.8) is 0 Å². The first-order valence-electron chi connectivity index (χ1n) is 7.34. The Labute approximate surface area is 141 Å². The monoisotopic (exact) mass is 354 g/mol. The average Bonchev–Trinajstić information content (AvgIpc) is 2.92. The second-order valence-electron chi connectivity index (χ2n) is 5.84. The molecule has 0 unspecified atom stereocenters. The molecule has 1 atom stereocenters. The summed E-state index contributed by atoms with van der Waals surface area (Å²) in [5.74, 6) is 0. The Balaban J connectivity index is 1.74. The third-order valence-corrected chi connectivity index (χ3v) is 4.76. The van der Waals surface area contributed by atoms with Crippen LogP contribution in [0.1, 0.15) is 17.3 Å². The number of fused-ring (bicyclic) bond motifs is 1. The molecule has 1 N–H and O–H groups in total. The van der Waals surface area contributed by atoms with Gasteiger partial charge in [0, 0.05) is 37.4 Å². The fourth-order valence-electron chi connectivity index (χ4n) is 2.88. The van der Waals surface area contributed by atoms with Crippen molar-refractivity contribution in [2.45, 2.75) is 19.1 Å². The largest absolute Gasteiger partial charge is 0.291 e. The Bertz CT molecular complexity index is 790. The second-order valence-corrected chi connectivity index (χ2v) is 8.11. The summed E-state index contributed by atoms with van der Waals surface area (Å²) in [5.41, 5.74) is 2.22. The molecular weight excluding hydrogens is 336 g/mol. The molecule has 8 heteroatoms. The molecular formula is C15H19ClN4O2S. The zero-order valence-electron chi connectivity index (χ0n) is 12.8. The van der Waals surface area contributed by atoms with Crippen molar-refractivity contribution in [2.24, 2.45) is 0 Å². The SMILES string of the molecule is CS(=O)(=O)NC[C@@H]1CN(Cc2cccc(Cl)c2)Cc2ccnn21. The highest BCUT2D eigenvalue weighted by atomic mass is 35.5. The van der Waals surface area contributed by atoms with E-state index < -0.39 is 10.0 Å². The molecule has 3 rings (SSSR count). The van der Waals surface area contributed by atoms with E-state index in [1.165, 1.54) is 6.26 Å². The van der Waals surface area contributed by atoms with Crippen LogP contribution < -0.4 is 4.72 Å². The third-order valence-electron chi connectivity index (χ3n) is 3.83. The van der Waals surface area contributed by atoms with Crippen molar-refractivity contribution < 1.29 is 8.42 Å². The van der Waals surface area contributed by atoms with Crippen molar-refractivity contribution in [2.75, 3.05) is 19.3 Å². The quantitative estimate of drug-likeness (QED) is 0.886. The average molecular weight is 355 g/mol. The number of halogens is 1. The summed E-state index contributed by atoms with van der Waals surface area (Å²) < 4.78 is 27.2. The topological polar surface area (TPSA) is 67.2 Å². The summed E-state index contributed by atoms with van der Waals surface area (Å²) >= 11 is 6.05. The van der Waals surface area contributed by atoms with Gasteiger partial charge in [-0.15, -0.1) is 0 Å². The zero-order valence-corrected chi connectivity index (χ0v) is 14.4. The minimum atomic E-state index is -3.22. The minimum Gasteiger partial charge on any atom is -0.291 e. The van der Waals surface area contributed by atoms with Crippen LogP contribution in [0.4, 0.5) is 0 Å². The molecule has 1 aliphatic heterocycles. The van der Waals surface area contributed by atoms with Crippen molar-refractivity contribution in [3.05, 3.63) is 52.8 Å². The van der Waals surface area contributed by atoms with Gasteiger partial charge in [0.2, 0.25) is 10.0 Å². The molecule has 1 aliphatic rings. The van der Waals surface area contributed by atoms with Crippen molar-refractivity contribution in [1.29, 1.82) is 0 Å². The molecule has 0 bridgehead atoms. The molecule has 23 heavy (non-hydrogen) atoms. The van der Waals surface area contributed by atoms with E-state index in [1.54, 1.807) is 6.20 Å². The van der Waals surface area contributed by atoms with E-state index in [1.807, 2.05) is 35.0 Å². The van der Waals surface area contributed by atoms with Gasteiger partial charge in [-0.1, -0.05) is 23.7 Å². The Morgan fingerprint density at radius 2 is 2.22 bits per heavy atom. The van der Waals surface area contributed by atoms with Crippen LogP contribution in [0.3, 0.4) is 0 Å². The van der Waals surface area contributed by atoms with Gasteiger partial charge in [0.15, 0.2) is 0 Å². The van der Waals surface area contributed by atoms with E-state index in [2.05, 4.69) is 14.7 Å². The minimum absolute atomic E-state index is 0.0253. The summed E-state index contributed by atoms with van der Waals surface area (Å²) in [5, 5.41) is 5.05. The Kier molecular flexibility index (Phi) is 4.72. The van der Waals surface area contributed by atoms with Gasteiger partial charge in [-0.25, -0.2) is 13.1 Å². The maximum atomic E-state index is 11.4. The molecule has 2 aromatic rings. The summed E-state index contributed by atoms with van der Waals surface area (Å²) in [6.07, 6.45) is 2.93. The number of nitrogens with zero attached hydrogens (tertiary/aromatic N) is 3. The van der Waals surface area contributed by atoms with Crippen LogP contribution in [-0.4, -0.2) is 42.4 Å². The van der Waals surface area contributed by atoms with Gasteiger partial charge < -0.3 is 0 Å². The highest BCUT2D eigenvalue weighted by Crippen LogP contribution is 2.22. The second kappa shape index (κ2) is 6.60. The first-order valence-corrected chi connectivity index (χ1v) is 9.61. The van der Waals surface area contributed by atoms with Crippen LogP contribution in [0.5, 0.6) is 0 Å². The molecule has 0 radical (unpaired) electrons. The molecule has 0 saturated heterocycles. The number of aromatic nitrogens is 2. The van der Waals surface area contributed by atoms with E-state index >= 15 is 0 Å². The smallest absolute Gasteiger partial charge is 0.208 e. The van der Waals surface area contributed by atoms with E-state index in [0.717, 1.165) is 35.9 Å². The summed E-state index contributed by atoms with van der Waals surface area (Å²) in [6.45, 7) is 2.60. The number of benzene rings is 1. The zero-order chi connectivity index (χ0) is 16.4. The summed E-state index contributed by atoms with van der Waals surface area (Å²) in [7, 11) is -3.22. The summed E-state index contributed by atoms with van der Waals surface area (Å²) in [4.78, 5) is 2.28. The van der Waals surface area contributed by atoms with E-state index in [9.17, 15) is 8.42 Å². The Morgan fingerprint density at radius 1 is 1.39 bits per heavy atom. The number of hydrogen-bond acceptors (Lipinski definition) is 4. The fraction of sp³-hybridized carbons (Fsp3) is 0.400. The molecule has 0 saturated carbocycles. The number of sulfonamides is 1. The fourth-order valence-corrected chi connectivity index (χ4v) is 3.59. The molecule has 0 spiro atoms. The van der Waals surface area contributed by atoms with Gasteiger partial charge in [0.1, 0.15) is 0 Å². The number of rotatable bonds is 5. The van der Waals surface area contributed by atoms with Crippen LogP contribution in [0.25, 0.3) is 0 Å². The first-order chi connectivity index (χ1) is 10.9. The molecule has 0 aliphatic carbocycles. The first kappa shape index (κ1) is 16.4. The number of hydrogen-bond donors (Lipinski definition) is 1. The van der Waals surface area contributed by atoms with Gasteiger partial charge in [-0.3, -0.25) is 9.58 Å². The van der Waals surface area contributed by atoms with E-state index in [-0.39, 0.29) is 6.04 Å². The highest BCUT2D eigenvalue weighted by molar-refractivity contribution is 7.88. The molecule has 2 heterocycles. The lowest BCUT2D eigenvalue weighted by atomic mass is 10.1. The lowest BCUT2D eigenvalue weighted by Crippen LogP contribution is -2.42.